The predicted molar refractivity (Wildman–Crippen MR) is 140 cm³/mol. The Kier molecular flexibility index (Phi) is 6.70. The van der Waals surface area contributed by atoms with Gasteiger partial charge in [0.2, 0.25) is 0 Å². The summed E-state index contributed by atoms with van der Waals surface area (Å²) in [5.74, 6) is 0.164. The van der Waals surface area contributed by atoms with Gasteiger partial charge >= 0.3 is 0 Å². The third-order valence-electron chi connectivity index (χ3n) is 6.05. The number of rotatable bonds is 8. The highest BCUT2D eigenvalue weighted by Crippen LogP contribution is 2.33. The van der Waals surface area contributed by atoms with Crippen LogP contribution >= 0.6 is 11.6 Å². The van der Waals surface area contributed by atoms with Gasteiger partial charge in [0.25, 0.3) is 0 Å². The molecule has 3 aromatic rings. The van der Waals surface area contributed by atoms with Crippen LogP contribution in [0.1, 0.15) is 42.6 Å². The molecule has 170 valence electrons. The van der Waals surface area contributed by atoms with E-state index in [2.05, 4.69) is 59.5 Å². The maximum atomic E-state index is 6.64. The van der Waals surface area contributed by atoms with Gasteiger partial charge in [-0.25, -0.2) is 4.98 Å². The van der Waals surface area contributed by atoms with Gasteiger partial charge in [-0.05, 0) is 50.1 Å². The number of anilines is 2. The van der Waals surface area contributed by atoms with Crippen LogP contribution in [-0.4, -0.2) is 23.1 Å². The van der Waals surface area contributed by atoms with Gasteiger partial charge in [-0.15, -0.1) is 0 Å². The number of nitrogens with two attached hydrogens (primary N) is 1. The monoisotopic (exact) mass is 459 g/mol. The Bertz CT molecular complexity index is 1180. The van der Waals surface area contributed by atoms with Crippen molar-refractivity contribution in [2.75, 3.05) is 23.3 Å². The number of aromatic nitrogens is 2. The third kappa shape index (κ3) is 5.20. The van der Waals surface area contributed by atoms with Crippen LogP contribution in [0.15, 0.2) is 67.5 Å². The smallest absolute Gasteiger partial charge is 0.0893 e. The fourth-order valence-electron chi connectivity index (χ4n) is 3.95. The molecule has 6 heteroatoms. The van der Waals surface area contributed by atoms with Crippen molar-refractivity contribution in [3.05, 3.63) is 89.5 Å². The molecule has 0 radical (unpaired) electrons. The van der Waals surface area contributed by atoms with E-state index in [-0.39, 0.29) is 5.92 Å². The molecule has 1 saturated heterocycles. The summed E-state index contributed by atoms with van der Waals surface area (Å²) in [6.45, 7) is 14.4. The molecule has 1 atom stereocenters. The van der Waals surface area contributed by atoms with E-state index in [0.717, 1.165) is 52.7 Å². The number of benzene rings is 1. The van der Waals surface area contributed by atoms with Crippen LogP contribution in [-0.2, 0) is 0 Å². The van der Waals surface area contributed by atoms with Crippen LogP contribution in [0.3, 0.4) is 0 Å². The first kappa shape index (κ1) is 22.9. The minimum absolute atomic E-state index is 0.164. The Morgan fingerprint density at radius 2 is 1.91 bits per heavy atom. The average molecular weight is 460 g/mol. The second-order valence-electron chi connectivity index (χ2n) is 8.67. The maximum absolute atomic E-state index is 6.64. The Hall–Kier alpha value is -3.31. The molecule has 1 fully saturated rings. The van der Waals surface area contributed by atoms with E-state index in [1.54, 1.807) is 6.20 Å². The standard InChI is InChI=1S/C27H30ClN5/c1-17(25-15-22(19(3)29)10-11-30-25)14-18(2)31-26-16-24(28)27(32-20(26)4)21-6-8-23(9-7-21)33-12-5-13-33/h6-11,15-17,31H,2-3,5,12-14,29H2,1,4H3. The van der Waals surface area contributed by atoms with Crippen LogP contribution in [0.4, 0.5) is 11.4 Å². The van der Waals surface area contributed by atoms with Crippen molar-refractivity contribution in [2.45, 2.75) is 32.6 Å². The number of nitrogens with one attached hydrogen (secondary N) is 1. The lowest BCUT2D eigenvalue weighted by Gasteiger charge is -2.33. The van der Waals surface area contributed by atoms with Crippen LogP contribution in [0.25, 0.3) is 17.0 Å². The number of hydrogen-bond donors (Lipinski definition) is 2. The molecule has 1 aliphatic heterocycles. The van der Waals surface area contributed by atoms with Gasteiger partial charge in [0.05, 0.1) is 22.1 Å². The molecule has 0 amide bonds. The van der Waals surface area contributed by atoms with Crippen molar-refractivity contribution in [2.24, 2.45) is 5.73 Å². The minimum Gasteiger partial charge on any atom is -0.399 e. The van der Waals surface area contributed by atoms with Crippen LogP contribution in [0, 0.1) is 6.92 Å². The summed E-state index contributed by atoms with van der Waals surface area (Å²) in [5, 5.41) is 4.00. The first-order valence-corrected chi connectivity index (χ1v) is 11.6. The normalized spacial score (nSPS) is 13.8. The molecule has 1 aliphatic rings. The molecule has 1 aromatic carbocycles. The van der Waals surface area contributed by atoms with Crippen molar-refractivity contribution in [1.82, 2.24) is 9.97 Å². The Morgan fingerprint density at radius 1 is 1.18 bits per heavy atom. The highest BCUT2D eigenvalue weighted by atomic mass is 35.5. The molecule has 3 N–H and O–H groups in total. The van der Waals surface area contributed by atoms with E-state index < -0.39 is 0 Å². The molecular weight excluding hydrogens is 430 g/mol. The fourth-order valence-corrected chi connectivity index (χ4v) is 4.21. The van der Waals surface area contributed by atoms with Crippen molar-refractivity contribution >= 4 is 28.7 Å². The number of pyridine rings is 2. The van der Waals surface area contributed by atoms with Gasteiger partial charge in [0.15, 0.2) is 0 Å². The zero-order chi connectivity index (χ0) is 23.5. The van der Waals surface area contributed by atoms with Crippen LogP contribution in [0.5, 0.6) is 0 Å². The van der Waals surface area contributed by atoms with Crippen molar-refractivity contribution < 1.29 is 0 Å². The molecule has 0 saturated carbocycles. The zero-order valence-corrected chi connectivity index (χ0v) is 20.0. The summed E-state index contributed by atoms with van der Waals surface area (Å²) in [4.78, 5) is 11.6. The van der Waals surface area contributed by atoms with E-state index in [9.17, 15) is 0 Å². The van der Waals surface area contributed by atoms with E-state index in [0.29, 0.717) is 17.1 Å². The predicted octanol–water partition coefficient (Wildman–Crippen LogP) is 6.36. The van der Waals surface area contributed by atoms with Crippen LogP contribution in [0.2, 0.25) is 5.02 Å². The molecule has 4 rings (SSSR count). The second kappa shape index (κ2) is 9.67. The summed E-state index contributed by atoms with van der Waals surface area (Å²) < 4.78 is 0. The summed E-state index contributed by atoms with van der Waals surface area (Å²) in [6, 6.07) is 14.2. The van der Waals surface area contributed by atoms with Crippen molar-refractivity contribution in [3.8, 4) is 11.3 Å². The Balaban J connectivity index is 1.45. The maximum Gasteiger partial charge on any atom is 0.0893 e. The molecule has 5 nitrogen and oxygen atoms in total. The Labute approximate surface area is 201 Å². The number of nitrogens with zero attached hydrogens (tertiary/aromatic N) is 3. The second-order valence-corrected chi connectivity index (χ2v) is 9.07. The molecule has 0 aliphatic carbocycles. The SMILES string of the molecule is C=C(CC(C)c1cc(C(=C)N)ccn1)Nc1cc(Cl)c(-c2ccc(N3CCC3)cc2)nc1C. The first-order chi connectivity index (χ1) is 15.8. The van der Waals surface area contributed by atoms with E-state index in [4.69, 9.17) is 22.3 Å². The first-order valence-electron chi connectivity index (χ1n) is 11.2. The molecule has 2 aromatic heterocycles. The number of halogens is 1. The van der Waals surface area contributed by atoms with E-state index in [1.807, 2.05) is 25.1 Å². The molecule has 3 heterocycles. The van der Waals surface area contributed by atoms with E-state index in [1.165, 1.54) is 12.1 Å². The summed E-state index contributed by atoms with van der Waals surface area (Å²) in [5.41, 5.74) is 13.9. The van der Waals surface area contributed by atoms with Gasteiger partial charge in [0, 0.05) is 59.1 Å². The Morgan fingerprint density at radius 3 is 2.55 bits per heavy atom. The van der Waals surface area contributed by atoms with Gasteiger partial charge in [0.1, 0.15) is 0 Å². The number of hydrogen-bond acceptors (Lipinski definition) is 5. The van der Waals surface area contributed by atoms with Gasteiger partial charge in [-0.3, -0.25) is 4.98 Å². The number of allylic oxidation sites excluding steroid dienone is 1. The topological polar surface area (TPSA) is 67.1 Å². The highest BCUT2D eigenvalue weighted by Gasteiger charge is 2.16. The lowest BCUT2D eigenvalue weighted by Crippen LogP contribution is -2.36. The van der Waals surface area contributed by atoms with Gasteiger partial charge in [-0.1, -0.05) is 43.8 Å². The van der Waals surface area contributed by atoms with Crippen molar-refractivity contribution in [3.63, 3.8) is 0 Å². The fraction of sp³-hybridized carbons (Fsp3) is 0.259. The lowest BCUT2D eigenvalue weighted by molar-refractivity contribution is 0.618. The minimum atomic E-state index is 0.164. The molecule has 0 spiro atoms. The summed E-state index contributed by atoms with van der Waals surface area (Å²) >= 11 is 6.64. The molecule has 1 unspecified atom stereocenters. The quantitative estimate of drug-likeness (QED) is 0.410. The van der Waals surface area contributed by atoms with Crippen molar-refractivity contribution in [1.29, 1.82) is 0 Å². The summed E-state index contributed by atoms with van der Waals surface area (Å²) in [6.07, 6.45) is 3.74. The van der Waals surface area contributed by atoms with Gasteiger partial charge < -0.3 is 16.0 Å². The zero-order valence-electron chi connectivity index (χ0n) is 19.2. The average Bonchev–Trinajstić information content (AvgIpc) is 2.75. The molecular formula is C27H30ClN5. The summed E-state index contributed by atoms with van der Waals surface area (Å²) in [7, 11) is 0. The van der Waals surface area contributed by atoms with E-state index >= 15 is 0 Å². The third-order valence-corrected chi connectivity index (χ3v) is 6.34. The highest BCUT2D eigenvalue weighted by molar-refractivity contribution is 6.33. The number of aryl methyl sites for hydroxylation is 1. The van der Waals surface area contributed by atoms with Crippen LogP contribution < -0.4 is 16.0 Å². The molecule has 0 bridgehead atoms. The lowest BCUT2D eigenvalue weighted by atomic mass is 9.99. The largest absolute Gasteiger partial charge is 0.399 e. The molecule has 33 heavy (non-hydrogen) atoms. The van der Waals surface area contributed by atoms with Gasteiger partial charge in [-0.2, -0.15) is 0 Å².